The minimum Gasteiger partial charge on any atom is -0.406 e. The number of hydrogen-bond donors (Lipinski definition) is 1. The van der Waals surface area contributed by atoms with E-state index in [-0.39, 0.29) is 42.5 Å². The van der Waals surface area contributed by atoms with Crippen molar-refractivity contribution in [1.82, 2.24) is 25.3 Å². The Hall–Kier alpha value is -3.97. The number of rotatable bonds is 8. The van der Waals surface area contributed by atoms with Crippen LogP contribution in [0.2, 0.25) is 0 Å². The van der Waals surface area contributed by atoms with E-state index in [0.29, 0.717) is 63.0 Å². The molecule has 1 saturated carbocycles. The van der Waals surface area contributed by atoms with Gasteiger partial charge in [-0.1, -0.05) is 29.4 Å². The standard InChI is InChI=1S/C32H36F3N5O5/c1-19-37-30(45-38-19)26-14-25(26)29(42)36-15-21-7-8-23(20-5-4-6-22(13-20)44-32(33,34)35)24-9-10-39(16-27(21)24)17-28(41)40-11-12-43-18-31(40,2)3/h4-8,13,25-26H,9-12,14-18H2,1-3H3,(H,36,42)/t25-,26-/m0/s1. The molecule has 2 atom stereocenters. The molecule has 6 rings (SSSR count). The number of nitrogens with one attached hydrogen (secondary N) is 1. The van der Waals surface area contributed by atoms with Crippen molar-refractivity contribution in [2.24, 2.45) is 5.92 Å². The average Bonchev–Trinajstić information content (AvgIpc) is 3.67. The zero-order valence-electron chi connectivity index (χ0n) is 25.4. The fourth-order valence-electron chi connectivity index (χ4n) is 6.36. The molecule has 1 N–H and O–H groups in total. The number of benzene rings is 2. The Morgan fingerprint density at radius 1 is 1.16 bits per heavy atom. The number of morpholine rings is 1. The number of ether oxygens (including phenoxy) is 2. The molecule has 10 nitrogen and oxygen atoms in total. The molecule has 3 aliphatic rings. The fourth-order valence-corrected chi connectivity index (χ4v) is 6.36. The summed E-state index contributed by atoms with van der Waals surface area (Å²) in [5.41, 5.74) is 3.80. The number of alkyl halides is 3. The fraction of sp³-hybridized carbons (Fsp3) is 0.500. The predicted molar refractivity (Wildman–Crippen MR) is 156 cm³/mol. The first kappa shape index (κ1) is 31.0. The van der Waals surface area contributed by atoms with Gasteiger partial charge < -0.3 is 24.2 Å². The van der Waals surface area contributed by atoms with Crippen molar-refractivity contribution in [1.29, 1.82) is 0 Å². The summed E-state index contributed by atoms with van der Waals surface area (Å²) in [5.74, 6) is 0.265. The molecule has 1 saturated heterocycles. The van der Waals surface area contributed by atoms with Crippen molar-refractivity contribution in [2.75, 3.05) is 32.8 Å². The Balaban J connectivity index is 1.23. The summed E-state index contributed by atoms with van der Waals surface area (Å²) in [6.45, 7) is 8.75. The molecule has 0 unspecified atom stereocenters. The van der Waals surface area contributed by atoms with Crippen LogP contribution in [-0.2, 0) is 33.8 Å². The molecule has 0 bridgehead atoms. The number of fused-ring (bicyclic) bond motifs is 1. The molecule has 2 aliphatic heterocycles. The lowest BCUT2D eigenvalue weighted by molar-refractivity contribution is -0.274. The predicted octanol–water partition coefficient (Wildman–Crippen LogP) is 4.36. The molecular weight excluding hydrogens is 591 g/mol. The van der Waals surface area contributed by atoms with Crippen molar-refractivity contribution >= 4 is 11.8 Å². The van der Waals surface area contributed by atoms with Gasteiger partial charge in [-0.25, -0.2) is 0 Å². The molecule has 240 valence electrons. The van der Waals surface area contributed by atoms with Gasteiger partial charge in [0.25, 0.3) is 0 Å². The molecule has 2 amide bonds. The molecule has 0 radical (unpaired) electrons. The number of halogens is 3. The third-order valence-electron chi connectivity index (χ3n) is 8.71. The average molecular weight is 628 g/mol. The number of nitrogens with zero attached hydrogens (tertiary/aromatic N) is 4. The summed E-state index contributed by atoms with van der Waals surface area (Å²) in [7, 11) is 0. The third-order valence-corrected chi connectivity index (χ3v) is 8.71. The first-order chi connectivity index (χ1) is 21.4. The molecule has 45 heavy (non-hydrogen) atoms. The number of hydrogen-bond acceptors (Lipinski definition) is 8. The SMILES string of the molecule is Cc1noc([C@H]2C[C@@H]2C(=O)NCc2ccc(-c3cccc(OC(F)(F)F)c3)c3c2CN(CC(=O)N2CCOCC2(C)C)CC3)n1. The lowest BCUT2D eigenvalue weighted by atomic mass is 9.87. The largest absolute Gasteiger partial charge is 0.573 e. The van der Waals surface area contributed by atoms with E-state index in [1.807, 2.05) is 30.9 Å². The van der Waals surface area contributed by atoms with Crippen LogP contribution in [0.5, 0.6) is 5.75 Å². The van der Waals surface area contributed by atoms with E-state index in [9.17, 15) is 22.8 Å². The van der Waals surface area contributed by atoms with Gasteiger partial charge in [0.1, 0.15) is 5.75 Å². The second kappa shape index (κ2) is 12.1. The van der Waals surface area contributed by atoms with Crippen molar-refractivity contribution in [3.63, 3.8) is 0 Å². The van der Waals surface area contributed by atoms with E-state index in [1.165, 1.54) is 18.2 Å². The zero-order chi connectivity index (χ0) is 31.9. The quantitative estimate of drug-likeness (QED) is 0.393. The van der Waals surface area contributed by atoms with Gasteiger partial charge in [-0.3, -0.25) is 14.5 Å². The number of aryl methyl sites for hydroxylation is 1. The van der Waals surface area contributed by atoms with Crippen LogP contribution in [0, 0.1) is 12.8 Å². The van der Waals surface area contributed by atoms with Crippen LogP contribution in [0.15, 0.2) is 40.9 Å². The second-order valence-corrected chi connectivity index (χ2v) is 12.5. The van der Waals surface area contributed by atoms with Crippen LogP contribution in [0.1, 0.15) is 54.6 Å². The van der Waals surface area contributed by atoms with Crippen LogP contribution in [0.25, 0.3) is 11.1 Å². The van der Waals surface area contributed by atoms with Crippen molar-refractivity contribution in [3.05, 3.63) is 64.8 Å². The lowest BCUT2D eigenvalue weighted by Crippen LogP contribution is -2.57. The van der Waals surface area contributed by atoms with Crippen LogP contribution in [-0.4, -0.2) is 76.5 Å². The number of carbonyl (C=O) groups is 2. The number of amides is 2. The van der Waals surface area contributed by atoms with Crippen LogP contribution >= 0.6 is 0 Å². The van der Waals surface area contributed by atoms with E-state index in [1.54, 1.807) is 13.0 Å². The highest BCUT2D eigenvalue weighted by Crippen LogP contribution is 2.47. The monoisotopic (exact) mass is 627 g/mol. The lowest BCUT2D eigenvalue weighted by Gasteiger charge is -2.43. The summed E-state index contributed by atoms with van der Waals surface area (Å²) in [4.78, 5) is 34.7. The van der Waals surface area contributed by atoms with Gasteiger partial charge in [0, 0.05) is 26.2 Å². The van der Waals surface area contributed by atoms with Gasteiger partial charge in [0.15, 0.2) is 5.82 Å². The van der Waals surface area contributed by atoms with Gasteiger partial charge >= 0.3 is 6.36 Å². The number of carbonyl (C=O) groups excluding carboxylic acids is 2. The Bertz CT molecular complexity index is 1590. The van der Waals surface area contributed by atoms with E-state index >= 15 is 0 Å². The summed E-state index contributed by atoms with van der Waals surface area (Å²) in [6, 6.07) is 9.72. The molecule has 3 aromatic rings. The molecule has 2 aromatic carbocycles. The Morgan fingerprint density at radius 3 is 2.71 bits per heavy atom. The Morgan fingerprint density at radius 2 is 1.98 bits per heavy atom. The molecular formula is C32H36F3N5O5. The molecule has 2 fully saturated rings. The summed E-state index contributed by atoms with van der Waals surface area (Å²) in [5, 5.41) is 6.86. The third kappa shape index (κ3) is 6.99. The van der Waals surface area contributed by atoms with E-state index in [4.69, 9.17) is 9.26 Å². The number of aromatic nitrogens is 2. The molecule has 0 spiro atoms. The first-order valence-electron chi connectivity index (χ1n) is 15.1. The molecule has 1 aliphatic carbocycles. The van der Waals surface area contributed by atoms with Crippen LogP contribution in [0.3, 0.4) is 0 Å². The minimum atomic E-state index is -4.80. The minimum absolute atomic E-state index is 0.0193. The maximum Gasteiger partial charge on any atom is 0.573 e. The van der Waals surface area contributed by atoms with Gasteiger partial charge in [-0.2, -0.15) is 4.98 Å². The van der Waals surface area contributed by atoms with E-state index in [0.717, 1.165) is 22.3 Å². The van der Waals surface area contributed by atoms with Gasteiger partial charge in [0.2, 0.25) is 17.7 Å². The van der Waals surface area contributed by atoms with Gasteiger partial charge in [-0.15, -0.1) is 13.2 Å². The smallest absolute Gasteiger partial charge is 0.406 e. The first-order valence-corrected chi connectivity index (χ1v) is 15.1. The topological polar surface area (TPSA) is 110 Å². The highest BCUT2D eigenvalue weighted by atomic mass is 19.4. The second-order valence-electron chi connectivity index (χ2n) is 12.5. The van der Waals surface area contributed by atoms with Crippen molar-refractivity contribution in [3.8, 4) is 16.9 Å². The normalized spacial score (nSPS) is 21.2. The van der Waals surface area contributed by atoms with E-state index in [2.05, 4.69) is 25.1 Å². The van der Waals surface area contributed by atoms with Crippen molar-refractivity contribution < 1.29 is 36.8 Å². The highest BCUT2D eigenvalue weighted by molar-refractivity contribution is 5.83. The zero-order valence-corrected chi connectivity index (χ0v) is 25.4. The van der Waals surface area contributed by atoms with Gasteiger partial charge in [0.05, 0.1) is 37.1 Å². The highest BCUT2D eigenvalue weighted by Gasteiger charge is 2.47. The maximum atomic E-state index is 13.4. The van der Waals surface area contributed by atoms with Crippen LogP contribution in [0.4, 0.5) is 13.2 Å². The molecule has 13 heteroatoms. The summed E-state index contributed by atoms with van der Waals surface area (Å²) < 4.78 is 53.9. The van der Waals surface area contributed by atoms with Gasteiger partial charge in [-0.05, 0) is 73.6 Å². The summed E-state index contributed by atoms with van der Waals surface area (Å²) in [6.07, 6.45) is -3.59. The van der Waals surface area contributed by atoms with E-state index < -0.39 is 11.9 Å². The summed E-state index contributed by atoms with van der Waals surface area (Å²) >= 11 is 0. The Kier molecular flexibility index (Phi) is 8.33. The van der Waals surface area contributed by atoms with Crippen molar-refractivity contribution in [2.45, 2.75) is 64.5 Å². The maximum absolute atomic E-state index is 13.4. The van der Waals surface area contributed by atoms with Crippen LogP contribution < -0.4 is 10.1 Å². The molecule has 3 heterocycles. The Labute approximate surface area is 258 Å². The molecule has 1 aromatic heterocycles.